The van der Waals surface area contributed by atoms with E-state index >= 15 is 0 Å². The summed E-state index contributed by atoms with van der Waals surface area (Å²) in [5, 5.41) is 7.50. The normalized spacial score (nSPS) is 20.3. The molecule has 5 nitrogen and oxygen atoms in total. The highest BCUT2D eigenvalue weighted by molar-refractivity contribution is 6.05. The maximum Gasteiger partial charge on any atom is 0.275 e. The van der Waals surface area contributed by atoms with Crippen molar-refractivity contribution in [3.05, 3.63) is 76.0 Å². The van der Waals surface area contributed by atoms with Gasteiger partial charge in [0.2, 0.25) is 0 Å². The Morgan fingerprint density at radius 3 is 2.48 bits per heavy atom. The van der Waals surface area contributed by atoms with Crippen molar-refractivity contribution in [1.82, 2.24) is 15.1 Å². The number of rotatable bonds is 2. The number of hydrogen-bond donors (Lipinski definition) is 1. The van der Waals surface area contributed by atoms with Crippen molar-refractivity contribution < 1.29 is 9.18 Å². The van der Waals surface area contributed by atoms with Crippen molar-refractivity contribution in [2.45, 2.75) is 25.3 Å². The van der Waals surface area contributed by atoms with Crippen molar-refractivity contribution in [2.24, 2.45) is 5.41 Å². The van der Waals surface area contributed by atoms with E-state index in [-0.39, 0.29) is 34.4 Å². The number of aromatic amines is 1. The van der Waals surface area contributed by atoms with Gasteiger partial charge in [-0.15, -0.1) is 0 Å². The van der Waals surface area contributed by atoms with E-state index in [4.69, 9.17) is 0 Å². The minimum absolute atomic E-state index is 0.0770. The van der Waals surface area contributed by atoms with E-state index in [9.17, 15) is 14.0 Å². The quantitative estimate of drug-likeness (QED) is 0.759. The molecule has 0 bridgehead atoms. The van der Waals surface area contributed by atoms with E-state index in [1.807, 2.05) is 0 Å². The van der Waals surface area contributed by atoms with Gasteiger partial charge in [0.1, 0.15) is 5.82 Å². The number of carbonyl (C=O) groups is 1. The average Bonchev–Trinajstić information content (AvgIpc) is 2.62. The first kappa shape index (κ1) is 16.2. The Morgan fingerprint density at radius 2 is 1.81 bits per heavy atom. The van der Waals surface area contributed by atoms with Crippen LogP contribution in [0.3, 0.4) is 0 Å². The van der Waals surface area contributed by atoms with Crippen molar-refractivity contribution in [2.75, 3.05) is 6.54 Å². The summed E-state index contributed by atoms with van der Waals surface area (Å²) in [7, 11) is 0. The summed E-state index contributed by atoms with van der Waals surface area (Å²) in [5.74, 6) is -0.485. The predicted octanol–water partition coefficient (Wildman–Crippen LogP) is 3.43. The summed E-state index contributed by atoms with van der Waals surface area (Å²) in [4.78, 5) is 27.1. The van der Waals surface area contributed by atoms with Crippen molar-refractivity contribution >= 4 is 16.7 Å². The van der Waals surface area contributed by atoms with Crippen molar-refractivity contribution in [1.29, 1.82) is 0 Å². The molecule has 136 valence electrons. The lowest BCUT2D eigenvalue weighted by molar-refractivity contribution is -0.105. The summed E-state index contributed by atoms with van der Waals surface area (Å²) in [6.45, 7) is 0.670. The molecule has 1 atom stereocenters. The molecule has 5 rings (SSSR count). The van der Waals surface area contributed by atoms with Gasteiger partial charge in [0.25, 0.3) is 11.5 Å². The number of fused-ring (bicyclic) bond motifs is 1. The molecular weight excluding hydrogens is 345 g/mol. The molecule has 1 N–H and O–H groups in total. The Kier molecular flexibility index (Phi) is 3.44. The lowest BCUT2D eigenvalue weighted by Gasteiger charge is -2.62. The van der Waals surface area contributed by atoms with Crippen LogP contribution < -0.4 is 5.56 Å². The van der Waals surface area contributed by atoms with Crippen LogP contribution in [0.2, 0.25) is 0 Å². The highest BCUT2D eigenvalue weighted by atomic mass is 19.1. The first-order valence-electron chi connectivity index (χ1n) is 9.13. The number of hydrogen-bond acceptors (Lipinski definition) is 3. The molecule has 2 heterocycles. The summed E-state index contributed by atoms with van der Waals surface area (Å²) >= 11 is 0. The number of nitrogens with one attached hydrogen (secondary N) is 1. The Labute approximate surface area is 154 Å². The molecule has 2 fully saturated rings. The molecule has 1 saturated heterocycles. The second-order valence-electron chi connectivity index (χ2n) is 7.55. The fourth-order valence-corrected chi connectivity index (χ4v) is 4.58. The van der Waals surface area contributed by atoms with Gasteiger partial charge in [-0.3, -0.25) is 9.59 Å². The highest BCUT2D eigenvalue weighted by Gasteiger charge is 2.58. The van der Waals surface area contributed by atoms with Crippen LogP contribution in [-0.2, 0) is 0 Å². The van der Waals surface area contributed by atoms with E-state index in [0.29, 0.717) is 17.3 Å². The number of carbonyl (C=O) groups excluding carboxylic acids is 1. The molecule has 1 aliphatic carbocycles. The molecular formula is C21H18FN3O2. The molecule has 6 heteroatoms. The molecule has 0 radical (unpaired) electrons. The topological polar surface area (TPSA) is 66.1 Å². The minimum atomic E-state index is -0.309. The van der Waals surface area contributed by atoms with Crippen LogP contribution in [0.1, 0.15) is 41.4 Å². The first-order valence-corrected chi connectivity index (χ1v) is 9.13. The van der Waals surface area contributed by atoms with E-state index < -0.39 is 0 Å². The van der Waals surface area contributed by atoms with Crippen LogP contribution in [0.15, 0.2) is 53.3 Å². The molecule has 1 saturated carbocycles. The number of aromatic nitrogens is 2. The van der Waals surface area contributed by atoms with Crippen molar-refractivity contribution in [3.8, 4) is 0 Å². The molecule has 2 aliphatic rings. The average molecular weight is 363 g/mol. The van der Waals surface area contributed by atoms with Gasteiger partial charge in [0, 0.05) is 17.3 Å². The Hall–Kier alpha value is -3.02. The van der Waals surface area contributed by atoms with Gasteiger partial charge in [0.05, 0.1) is 11.4 Å². The van der Waals surface area contributed by atoms with Gasteiger partial charge >= 0.3 is 0 Å². The second-order valence-corrected chi connectivity index (χ2v) is 7.55. The summed E-state index contributed by atoms with van der Waals surface area (Å²) in [5.41, 5.74) is 0.984. The van der Waals surface area contributed by atoms with Crippen molar-refractivity contribution in [3.63, 3.8) is 0 Å². The minimum Gasteiger partial charge on any atom is -0.329 e. The van der Waals surface area contributed by atoms with Gasteiger partial charge in [-0.2, -0.15) is 5.10 Å². The van der Waals surface area contributed by atoms with Gasteiger partial charge in [-0.05, 0) is 36.6 Å². The molecule has 2 aromatic carbocycles. The molecule has 1 amide bonds. The number of likely N-dealkylation sites (tertiary alicyclic amines) is 1. The Balaban J connectivity index is 1.56. The van der Waals surface area contributed by atoms with Crippen LogP contribution in [0.4, 0.5) is 4.39 Å². The van der Waals surface area contributed by atoms with Gasteiger partial charge in [-0.1, -0.05) is 36.8 Å². The van der Waals surface area contributed by atoms with Crippen LogP contribution in [0.5, 0.6) is 0 Å². The van der Waals surface area contributed by atoms with Gasteiger partial charge in [0.15, 0.2) is 5.69 Å². The lowest BCUT2D eigenvalue weighted by Crippen LogP contribution is -2.63. The largest absolute Gasteiger partial charge is 0.329 e. The number of nitrogens with zero attached hydrogens (tertiary/aromatic N) is 2. The van der Waals surface area contributed by atoms with Crippen LogP contribution in [-0.4, -0.2) is 27.5 Å². The SMILES string of the molecule is O=C(c1n[nH]c(=O)c2ccccc12)N1CC2(CCC2)C1c1ccc(F)cc1. The Morgan fingerprint density at radius 1 is 1.11 bits per heavy atom. The van der Waals surface area contributed by atoms with Crippen LogP contribution in [0, 0.1) is 11.2 Å². The van der Waals surface area contributed by atoms with E-state index in [0.717, 1.165) is 24.8 Å². The molecule has 1 unspecified atom stereocenters. The maximum absolute atomic E-state index is 13.4. The monoisotopic (exact) mass is 363 g/mol. The van der Waals surface area contributed by atoms with Gasteiger partial charge < -0.3 is 4.90 Å². The fourth-order valence-electron chi connectivity index (χ4n) is 4.58. The third-order valence-corrected chi connectivity index (χ3v) is 6.07. The molecule has 3 aromatic rings. The maximum atomic E-state index is 13.4. The zero-order valence-electron chi connectivity index (χ0n) is 14.6. The fraction of sp³-hybridized carbons (Fsp3) is 0.286. The standard InChI is InChI=1S/C21H18FN3O2/c22-14-8-6-13(7-9-14)18-21(10-3-11-21)12-25(18)20(27)17-15-4-1-2-5-16(15)19(26)24-23-17/h1-2,4-9,18H,3,10-12H2,(H,24,26). The third kappa shape index (κ3) is 2.32. The van der Waals surface area contributed by atoms with E-state index in [2.05, 4.69) is 10.2 Å². The molecule has 27 heavy (non-hydrogen) atoms. The number of amides is 1. The summed E-state index contributed by atoms with van der Waals surface area (Å²) in [6.07, 6.45) is 3.29. The van der Waals surface area contributed by atoms with Crippen LogP contribution >= 0.6 is 0 Å². The van der Waals surface area contributed by atoms with Gasteiger partial charge in [-0.25, -0.2) is 9.49 Å². The van der Waals surface area contributed by atoms with Crippen LogP contribution in [0.25, 0.3) is 10.8 Å². The first-order chi connectivity index (χ1) is 13.1. The number of benzene rings is 2. The zero-order chi connectivity index (χ0) is 18.6. The summed E-state index contributed by atoms with van der Waals surface area (Å²) < 4.78 is 13.4. The Bertz CT molecular complexity index is 1100. The number of halogens is 1. The second kappa shape index (κ2) is 5.74. The predicted molar refractivity (Wildman–Crippen MR) is 98.8 cm³/mol. The molecule has 1 spiro atoms. The molecule has 1 aliphatic heterocycles. The van der Waals surface area contributed by atoms with E-state index in [1.165, 1.54) is 12.1 Å². The number of H-pyrrole nitrogens is 1. The smallest absolute Gasteiger partial charge is 0.275 e. The highest BCUT2D eigenvalue weighted by Crippen LogP contribution is 2.60. The third-order valence-electron chi connectivity index (χ3n) is 6.07. The molecule has 1 aromatic heterocycles. The summed E-state index contributed by atoms with van der Waals surface area (Å²) in [6, 6.07) is 13.3. The zero-order valence-corrected chi connectivity index (χ0v) is 14.6. The van der Waals surface area contributed by atoms with E-state index in [1.54, 1.807) is 41.3 Å². The lowest BCUT2D eigenvalue weighted by atomic mass is 9.56.